The van der Waals surface area contributed by atoms with Crippen LogP contribution in [0.2, 0.25) is 0 Å². The van der Waals surface area contributed by atoms with Crippen LogP contribution in [0.15, 0.2) is 54.6 Å². The zero-order valence-corrected chi connectivity index (χ0v) is 20.5. The van der Waals surface area contributed by atoms with Gasteiger partial charge in [0.25, 0.3) is 0 Å². The average molecular weight is 492 g/mol. The van der Waals surface area contributed by atoms with Crippen LogP contribution >= 0.6 is 12.2 Å². The molecule has 0 radical (unpaired) electrons. The molecule has 2 aliphatic heterocycles. The lowest BCUT2D eigenvalue weighted by molar-refractivity contribution is 0.171. The number of nitrogens with one attached hydrogen (secondary N) is 2. The van der Waals surface area contributed by atoms with Crippen molar-refractivity contribution in [2.75, 3.05) is 30.0 Å². The molecule has 0 bridgehead atoms. The summed E-state index contributed by atoms with van der Waals surface area (Å²) in [6, 6.07) is 17.8. The first kappa shape index (κ1) is 23.2. The quantitative estimate of drug-likeness (QED) is 0.468. The van der Waals surface area contributed by atoms with Crippen LogP contribution in [-0.4, -0.2) is 40.9 Å². The van der Waals surface area contributed by atoms with E-state index in [9.17, 15) is 0 Å². The van der Waals surface area contributed by atoms with E-state index >= 15 is 0 Å². The molecule has 0 amide bonds. The molecule has 1 saturated heterocycles. The molecule has 1 fully saturated rings. The normalized spacial score (nSPS) is 16.9. The van der Waals surface area contributed by atoms with Crippen LogP contribution in [0.3, 0.4) is 0 Å². The number of fused-ring (bicyclic) bond motifs is 1. The van der Waals surface area contributed by atoms with Gasteiger partial charge in [-0.1, -0.05) is 24.3 Å². The molecule has 0 saturated carbocycles. The predicted octanol–water partition coefficient (Wildman–Crippen LogP) is 4.91. The van der Waals surface area contributed by atoms with Gasteiger partial charge in [-0.05, 0) is 68.2 Å². The van der Waals surface area contributed by atoms with Crippen molar-refractivity contribution in [3.63, 3.8) is 0 Å². The highest BCUT2D eigenvalue weighted by atomic mass is 32.1. The Bertz CT molecular complexity index is 1180. The molecule has 9 heteroatoms. The molecule has 2 aromatic carbocycles. The van der Waals surface area contributed by atoms with Gasteiger partial charge in [-0.2, -0.15) is 9.97 Å². The van der Waals surface area contributed by atoms with Crippen LogP contribution in [0.1, 0.15) is 31.7 Å². The summed E-state index contributed by atoms with van der Waals surface area (Å²) in [5, 5.41) is 6.78. The van der Waals surface area contributed by atoms with Crippen molar-refractivity contribution in [1.82, 2.24) is 15.3 Å². The van der Waals surface area contributed by atoms with Gasteiger partial charge in [0.15, 0.2) is 16.6 Å². The molecule has 1 aromatic heterocycles. The second-order valence-electron chi connectivity index (χ2n) is 8.63. The minimum absolute atomic E-state index is 0.394. The molecule has 2 N–H and O–H groups in total. The van der Waals surface area contributed by atoms with Crippen LogP contribution in [0.25, 0.3) is 0 Å². The first-order valence-corrected chi connectivity index (χ1v) is 12.4. The van der Waals surface area contributed by atoms with E-state index in [0.717, 1.165) is 42.3 Å². The Kier molecular flexibility index (Phi) is 7.13. The van der Waals surface area contributed by atoms with Gasteiger partial charge < -0.3 is 29.7 Å². The van der Waals surface area contributed by atoms with E-state index in [4.69, 9.17) is 31.4 Å². The molecule has 182 valence electrons. The van der Waals surface area contributed by atoms with Crippen molar-refractivity contribution < 1.29 is 14.2 Å². The number of ether oxygens (including phenoxy) is 3. The Hall–Kier alpha value is -3.59. The van der Waals surface area contributed by atoms with E-state index in [1.165, 1.54) is 6.42 Å². The standard InChI is InChI=1S/C26H29N5O3S/c1-18-7-5-6-12-31(18)23-16-24(34-20-8-3-2-4-9-20)29-25(28-23)30-26(35)27-17-19-10-11-21-22(15-19)33-14-13-32-21/h2-4,8-11,15-16,18H,5-7,12-14,17H2,1H3,(H2,27,28,29,30,35). The number of hydrogen-bond acceptors (Lipinski definition) is 7. The highest BCUT2D eigenvalue weighted by Gasteiger charge is 2.22. The summed E-state index contributed by atoms with van der Waals surface area (Å²) in [6.45, 7) is 4.84. The van der Waals surface area contributed by atoms with E-state index in [-0.39, 0.29) is 0 Å². The van der Waals surface area contributed by atoms with Crippen molar-refractivity contribution in [3.8, 4) is 23.1 Å². The fourth-order valence-corrected chi connectivity index (χ4v) is 4.41. The average Bonchev–Trinajstić information content (AvgIpc) is 2.88. The van der Waals surface area contributed by atoms with Crippen molar-refractivity contribution in [3.05, 3.63) is 60.2 Å². The third-order valence-corrected chi connectivity index (χ3v) is 6.28. The van der Waals surface area contributed by atoms with Gasteiger partial charge in [0.05, 0.1) is 0 Å². The molecule has 1 unspecified atom stereocenters. The number of benzene rings is 2. The molecule has 8 nitrogen and oxygen atoms in total. The highest BCUT2D eigenvalue weighted by molar-refractivity contribution is 7.80. The maximum Gasteiger partial charge on any atom is 0.234 e. The van der Waals surface area contributed by atoms with Crippen molar-refractivity contribution in [1.29, 1.82) is 0 Å². The second kappa shape index (κ2) is 10.8. The molecule has 35 heavy (non-hydrogen) atoms. The molecule has 1 atom stereocenters. The lowest BCUT2D eigenvalue weighted by Gasteiger charge is -2.34. The summed E-state index contributed by atoms with van der Waals surface area (Å²) in [7, 11) is 0. The Labute approximate surface area is 210 Å². The van der Waals surface area contributed by atoms with E-state index < -0.39 is 0 Å². The van der Waals surface area contributed by atoms with Gasteiger partial charge in [-0.3, -0.25) is 0 Å². The fraction of sp³-hybridized carbons (Fsp3) is 0.346. The number of thiocarbonyl (C=S) groups is 1. The highest BCUT2D eigenvalue weighted by Crippen LogP contribution is 2.31. The van der Waals surface area contributed by atoms with Crippen molar-refractivity contribution in [2.24, 2.45) is 0 Å². The number of rotatable bonds is 6. The molecule has 3 heterocycles. The summed E-state index contributed by atoms with van der Waals surface area (Å²) in [6.07, 6.45) is 3.51. The number of para-hydroxylation sites is 1. The van der Waals surface area contributed by atoms with Crippen LogP contribution in [0.4, 0.5) is 11.8 Å². The Morgan fingerprint density at radius 3 is 2.71 bits per heavy atom. The van der Waals surface area contributed by atoms with Gasteiger partial charge in [0.2, 0.25) is 11.8 Å². The summed E-state index contributed by atoms with van der Waals surface area (Å²) in [5.74, 6) is 3.93. The van der Waals surface area contributed by atoms with E-state index in [0.29, 0.717) is 48.5 Å². The second-order valence-corrected chi connectivity index (χ2v) is 9.04. The third kappa shape index (κ3) is 5.92. The lowest BCUT2D eigenvalue weighted by Crippen LogP contribution is -2.38. The third-order valence-electron chi connectivity index (χ3n) is 6.04. The van der Waals surface area contributed by atoms with Crippen LogP contribution in [0, 0.1) is 0 Å². The Morgan fingerprint density at radius 1 is 1.06 bits per heavy atom. The summed E-state index contributed by atoms with van der Waals surface area (Å²) in [4.78, 5) is 11.6. The van der Waals surface area contributed by atoms with Crippen LogP contribution < -0.4 is 29.7 Å². The minimum Gasteiger partial charge on any atom is -0.486 e. The van der Waals surface area contributed by atoms with Gasteiger partial charge >= 0.3 is 0 Å². The van der Waals surface area contributed by atoms with Crippen molar-refractivity contribution >= 4 is 29.1 Å². The number of nitrogens with zero attached hydrogens (tertiary/aromatic N) is 3. The summed E-state index contributed by atoms with van der Waals surface area (Å²) < 4.78 is 17.3. The van der Waals surface area contributed by atoms with Crippen LogP contribution in [0.5, 0.6) is 23.1 Å². The van der Waals surface area contributed by atoms with Gasteiger partial charge in [-0.25, -0.2) is 0 Å². The first-order valence-electron chi connectivity index (χ1n) is 12.0. The van der Waals surface area contributed by atoms with Crippen molar-refractivity contribution in [2.45, 2.75) is 38.8 Å². The summed E-state index contributed by atoms with van der Waals surface area (Å²) in [5.41, 5.74) is 1.03. The molecular weight excluding hydrogens is 462 g/mol. The zero-order chi connectivity index (χ0) is 24.0. The SMILES string of the molecule is CC1CCCCN1c1cc(Oc2ccccc2)nc(NC(=S)NCc2ccc3c(c2)OCCO3)n1. The largest absolute Gasteiger partial charge is 0.486 e. The Balaban J connectivity index is 1.30. The molecule has 2 aliphatic rings. The zero-order valence-electron chi connectivity index (χ0n) is 19.7. The first-order chi connectivity index (χ1) is 17.1. The maximum atomic E-state index is 6.04. The monoisotopic (exact) mass is 491 g/mol. The summed E-state index contributed by atoms with van der Waals surface area (Å²) >= 11 is 5.54. The molecular formula is C26H29N5O3S. The smallest absolute Gasteiger partial charge is 0.234 e. The number of hydrogen-bond donors (Lipinski definition) is 2. The molecule has 3 aromatic rings. The van der Waals surface area contributed by atoms with Gasteiger partial charge in [-0.15, -0.1) is 0 Å². The minimum atomic E-state index is 0.394. The number of aromatic nitrogens is 2. The fourth-order valence-electron chi connectivity index (χ4n) is 4.24. The molecule has 0 spiro atoms. The predicted molar refractivity (Wildman–Crippen MR) is 140 cm³/mol. The van der Waals surface area contributed by atoms with E-state index in [1.807, 2.05) is 54.6 Å². The van der Waals surface area contributed by atoms with E-state index in [1.54, 1.807) is 0 Å². The number of anilines is 2. The lowest BCUT2D eigenvalue weighted by atomic mass is 10.0. The Morgan fingerprint density at radius 2 is 1.89 bits per heavy atom. The molecule has 5 rings (SSSR count). The topological polar surface area (TPSA) is 80.8 Å². The van der Waals surface area contributed by atoms with Crippen LogP contribution in [-0.2, 0) is 6.54 Å². The molecule has 0 aliphatic carbocycles. The van der Waals surface area contributed by atoms with Gasteiger partial charge in [0.1, 0.15) is 24.8 Å². The van der Waals surface area contributed by atoms with Gasteiger partial charge in [0, 0.05) is 25.2 Å². The number of piperidine rings is 1. The maximum absolute atomic E-state index is 6.04. The van der Waals surface area contributed by atoms with E-state index in [2.05, 4.69) is 27.4 Å².